The van der Waals surface area contributed by atoms with Gasteiger partial charge >= 0.3 is 0 Å². The van der Waals surface area contributed by atoms with Crippen molar-refractivity contribution >= 4 is 10.4 Å². The van der Waals surface area contributed by atoms with Gasteiger partial charge in [-0.3, -0.25) is 4.55 Å². The maximum atomic E-state index is 8.63. The minimum atomic E-state index is -4.92. The molecule has 0 spiro atoms. The smallest absolute Gasteiger partial charge is 0.215 e. The Hall–Kier alpha value is -0.170. The van der Waals surface area contributed by atoms with E-state index in [4.69, 9.17) is 17.5 Å². The molecule has 15 heavy (non-hydrogen) atoms. The second-order valence-electron chi connectivity index (χ2n) is 4.28. The average Bonchev–Trinajstić information content (AvgIpc) is 1.98. The Balaban J connectivity index is 0. The average molecular weight is 241 g/mol. The molecule has 0 bridgehead atoms. The van der Waals surface area contributed by atoms with Gasteiger partial charge in [-0.2, -0.15) is 0 Å². The van der Waals surface area contributed by atoms with Crippen LogP contribution >= 0.6 is 0 Å². The van der Waals surface area contributed by atoms with Gasteiger partial charge in [-0.25, -0.2) is 8.42 Å². The van der Waals surface area contributed by atoms with E-state index < -0.39 is 10.4 Å². The Morgan fingerprint density at radius 3 is 1.40 bits per heavy atom. The van der Waals surface area contributed by atoms with Crippen molar-refractivity contribution in [3.05, 3.63) is 0 Å². The Morgan fingerprint density at radius 1 is 1.20 bits per heavy atom. The third-order valence-electron chi connectivity index (χ3n) is 3.04. The molecule has 5 nitrogen and oxygen atoms in total. The normalized spacial score (nSPS) is 12.7. The van der Waals surface area contributed by atoms with Gasteiger partial charge in [0.15, 0.2) is 0 Å². The van der Waals surface area contributed by atoms with Crippen molar-refractivity contribution in [3.8, 4) is 0 Å². The summed E-state index contributed by atoms with van der Waals surface area (Å²) >= 11 is 0. The summed E-state index contributed by atoms with van der Waals surface area (Å²) < 4.78 is 34.0. The van der Waals surface area contributed by atoms with E-state index in [1.54, 1.807) is 0 Å². The van der Waals surface area contributed by atoms with Crippen LogP contribution in [0.4, 0.5) is 0 Å². The second-order valence-corrected chi connectivity index (χ2v) is 5.13. The van der Waals surface area contributed by atoms with E-state index in [9.17, 15) is 0 Å². The van der Waals surface area contributed by atoms with Crippen LogP contribution in [0.15, 0.2) is 0 Å². The van der Waals surface area contributed by atoms with Crippen LogP contribution < -0.4 is 0 Å². The Morgan fingerprint density at radius 2 is 1.40 bits per heavy atom. The first-order valence-corrected chi connectivity index (χ1v) is 6.34. The van der Waals surface area contributed by atoms with Gasteiger partial charge in [0.25, 0.3) is 0 Å². The monoisotopic (exact) mass is 241 g/mol. The molecular weight excluding hydrogens is 218 g/mol. The molecular formula is C9H23NO4S. The number of rotatable bonds is 3. The highest BCUT2D eigenvalue weighted by molar-refractivity contribution is 7.79. The molecule has 0 aromatic rings. The van der Waals surface area contributed by atoms with Crippen LogP contribution in [0, 0.1) is 0 Å². The van der Waals surface area contributed by atoms with Gasteiger partial charge in [-0.15, -0.1) is 0 Å². The maximum Gasteiger partial charge on any atom is 0.215 e. The van der Waals surface area contributed by atoms with Crippen LogP contribution in [0.25, 0.3) is 0 Å². The topological polar surface area (TPSA) is 77.4 Å². The molecule has 0 atom stereocenters. The number of quaternary nitrogens is 1. The third-order valence-corrected chi connectivity index (χ3v) is 3.04. The van der Waals surface area contributed by atoms with Crippen molar-refractivity contribution in [1.82, 2.24) is 0 Å². The van der Waals surface area contributed by atoms with Crippen molar-refractivity contribution in [1.29, 1.82) is 0 Å². The summed E-state index contributed by atoms with van der Waals surface area (Å²) in [5.41, 5.74) is 0. The van der Waals surface area contributed by atoms with Gasteiger partial charge in [0.05, 0.1) is 25.7 Å². The highest BCUT2D eigenvalue weighted by atomic mass is 32.3. The summed E-state index contributed by atoms with van der Waals surface area (Å²) in [6.07, 6.45) is 0. The summed E-state index contributed by atoms with van der Waals surface area (Å²) in [4.78, 5) is 0. The van der Waals surface area contributed by atoms with Crippen LogP contribution in [-0.4, -0.2) is 47.7 Å². The quantitative estimate of drug-likeness (QED) is 0.458. The lowest BCUT2D eigenvalue weighted by molar-refractivity contribution is -0.947. The first-order chi connectivity index (χ1) is 6.45. The van der Waals surface area contributed by atoms with Crippen molar-refractivity contribution in [2.75, 3.05) is 13.6 Å². The van der Waals surface area contributed by atoms with E-state index in [1.807, 2.05) is 0 Å². The van der Waals surface area contributed by atoms with Crippen LogP contribution in [-0.2, 0) is 10.4 Å². The molecule has 0 aliphatic heterocycles. The zero-order valence-corrected chi connectivity index (χ0v) is 11.2. The maximum absolute atomic E-state index is 8.63. The molecule has 0 fully saturated rings. The predicted molar refractivity (Wildman–Crippen MR) is 59.3 cm³/mol. The molecule has 6 heteroatoms. The van der Waals surface area contributed by atoms with E-state index >= 15 is 0 Å². The zero-order valence-electron chi connectivity index (χ0n) is 10.4. The van der Waals surface area contributed by atoms with Gasteiger partial charge in [-0.05, 0) is 34.6 Å². The first kappa shape index (κ1) is 17.2. The lowest BCUT2D eigenvalue weighted by Gasteiger charge is -2.41. The Labute approximate surface area is 93.3 Å². The fourth-order valence-electron chi connectivity index (χ4n) is 1.33. The van der Waals surface area contributed by atoms with Crippen molar-refractivity contribution in [2.24, 2.45) is 0 Å². The standard InChI is InChI=1S/C9H22N.H2O4S/c1-7-10(6,8(2)3)9(4)5;1-5(2,3)4/h8-9H,7H2,1-6H3;(H2,1,2,3,4)/q+1;/p-1. The van der Waals surface area contributed by atoms with Gasteiger partial charge in [0.2, 0.25) is 10.4 Å². The lowest BCUT2D eigenvalue weighted by Crippen LogP contribution is -2.54. The molecule has 0 rings (SSSR count). The molecule has 94 valence electrons. The fourth-order valence-corrected chi connectivity index (χ4v) is 1.33. The summed E-state index contributed by atoms with van der Waals surface area (Å²) in [6, 6.07) is 1.48. The van der Waals surface area contributed by atoms with Crippen molar-refractivity contribution in [3.63, 3.8) is 0 Å². The minimum absolute atomic E-state index is 0.741. The van der Waals surface area contributed by atoms with Gasteiger partial charge in [0, 0.05) is 0 Å². The third kappa shape index (κ3) is 8.80. The SMILES string of the molecule is CC[N+](C)(C(C)C)C(C)C.O=S(=O)([O-])O. The molecule has 0 amide bonds. The highest BCUT2D eigenvalue weighted by Crippen LogP contribution is 2.14. The van der Waals surface area contributed by atoms with Gasteiger partial charge in [-0.1, -0.05) is 0 Å². The van der Waals surface area contributed by atoms with E-state index in [0.29, 0.717) is 0 Å². The Kier molecular flexibility index (Phi) is 7.38. The van der Waals surface area contributed by atoms with Gasteiger partial charge in [0.1, 0.15) is 0 Å². The summed E-state index contributed by atoms with van der Waals surface area (Å²) in [6.45, 7) is 12.7. The molecule has 1 N–H and O–H groups in total. The molecule has 0 radical (unpaired) electrons. The molecule has 0 aliphatic carbocycles. The zero-order chi connectivity index (χ0) is 12.9. The van der Waals surface area contributed by atoms with Crippen molar-refractivity contribution < 1.29 is 22.0 Å². The van der Waals surface area contributed by atoms with E-state index in [-0.39, 0.29) is 0 Å². The second kappa shape index (κ2) is 6.42. The van der Waals surface area contributed by atoms with Crippen LogP contribution in [0.1, 0.15) is 34.6 Å². The Bertz CT molecular complexity index is 243. The van der Waals surface area contributed by atoms with E-state index in [2.05, 4.69) is 41.7 Å². The molecule has 0 saturated carbocycles. The molecule has 0 unspecified atom stereocenters. The van der Waals surface area contributed by atoms with Crippen LogP contribution in [0.2, 0.25) is 0 Å². The number of hydrogen-bond donors (Lipinski definition) is 1. The van der Waals surface area contributed by atoms with Crippen molar-refractivity contribution in [2.45, 2.75) is 46.7 Å². The summed E-state index contributed by atoms with van der Waals surface area (Å²) in [5.74, 6) is 0. The summed E-state index contributed by atoms with van der Waals surface area (Å²) in [7, 11) is -2.59. The molecule has 0 aromatic carbocycles. The number of nitrogens with zero attached hydrogens (tertiary/aromatic N) is 1. The predicted octanol–water partition coefficient (Wildman–Crippen LogP) is 1.27. The van der Waals surface area contributed by atoms with E-state index in [1.165, 1.54) is 11.0 Å². The number of hydrogen-bond acceptors (Lipinski definition) is 3. The largest absolute Gasteiger partial charge is 0.726 e. The summed E-state index contributed by atoms with van der Waals surface area (Å²) in [5, 5.41) is 0. The van der Waals surface area contributed by atoms with Crippen LogP contribution in [0.5, 0.6) is 0 Å². The minimum Gasteiger partial charge on any atom is -0.726 e. The molecule has 0 aliphatic rings. The lowest BCUT2D eigenvalue weighted by atomic mass is 10.2. The highest BCUT2D eigenvalue weighted by Gasteiger charge is 2.26. The molecule has 0 saturated heterocycles. The first-order valence-electron chi connectivity index (χ1n) is 4.98. The fraction of sp³-hybridized carbons (Fsp3) is 1.00. The van der Waals surface area contributed by atoms with Crippen LogP contribution in [0.3, 0.4) is 0 Å². The van der Waals surface area contributed by atoms with Gasteiger partial charge < -0.3 is 9.04 Å². The molecule has 0 heterocycles. The molecule has 0 aromatic heterocycles. The van der Waals surface area contributed by atoms with E-state index in [0.717, 1.165) is 12.1 Å².